The van der Waals surface area contributed by atoms with Crippen LogP contribution in [0.5, 0.6) is 0 Å². The number of carbonyl (C=O) groups excluding carboxylic acids is 1. The van der Waals surface area contributed by atoms with Crippen LogP contribution in [0, 0.1) is 11.7 Å². The van der Waals surface area contributed by atoms with E-state index < -0.39 is 11.9 Å². The molecule has 2 N–H and O–H groups in total. The van der Waals surface area contributed by atoms with Crippen molar-refractivity contribution >= 4 is 17.5 Å². The van der Waals surface area contributed by atoms with E-state index in [2.05, 4.69) is 12.1 Å². The van der Waals surface area contributed by atoms with Crippen molar-refractivity contribution in [2.45, 2.75) is 12.0 Å². The highest BCUT2D eigenvalue weighted by molar-refractivity contribution is 6.31. The van der Waals surface area contributed by atoms with Gasteiger partial charge in [0.05, 0.1) is 0 Å². The molecule has 4 nitrogen and oxygen atoms in total. The molecule has 1 saturated heterocycles. The maximum atomic E-state index is 14.5. The molecule has 2 aromatic rings. The summed E-state index contributed by atoms with van der Waals surface area (Å²) >= 11 is 6.24. The van der Waals surface area contributed by atoms with E-state index >= 15 is 0 Å². The summed E-state index contributed by atoms with van der Waals surface area (Å²) in [5.74, 6) is -0.262. The molecule has 6 heteroatoms. The Hall–Kier alpha value is -1.95. The molecule has 1 aliphatic heterocycles. The van der Waals surface area contributed by atoms with Crippen molar-refractivity contribution in [1.29, 1.82) is 0 Å². The third kappa shape index (κ3) is 4.00. The smallest absolute Gasteiger partial charge is 0.244 e. The molecule has 3 rings (SSSR count). The van der Waals surface area contributed by atoms with Crippen molar-refractivity contribution in [2.24, 2.45) is 11.7 Å². The van der Waals surface area contributed by atoms with Crippen LogP contribution in [0.1, 0.15) is 23.1 Å². The van der Waals surface area contributed by atoms with E-state index in [-0.39, 0.29) is 28.3 Å². The van der Waals surface area contributed by atoms with Gasteiger partial charge in [-0.3, -0.25) is 9.69 Å². The number of hydrogen-bond donors (Lipinski definition) is 1. The summed E-state index contributed by atoms with van der Waals surface area (Å²) in [6, 6.07) is 13.8. The zero-order valence-electron chi connectivity index (χ0n) is 15.6. The average Bonchev–Trinajstić information content (AvgIpc) is 3.09. The van der Waals surface area contributed by atoms with Crippen LogP contribution in [-0.2, 0) is 4.79 Å². The van der Waals surface area contributed by atoms with Gasteiger partial charge in [0.25, 0.3) is 0 Å². The fraction of sp³-hybridized carbons (Fsp3) is 0.381. The summed E-state index contributed by atoms with van der Waals surface area (Å²) in [6.07, 6.45) is 0. The van der Waals surface area contributed by atoms with Crippen molar-refractivity contribution in [3.63, 3.8) is 0 Å². The molecule has 1 amide bonds. The highest BCUT2D eigenvalue weighted by Gasteiger charge is 2.39. The number of halogens is 2. The predicted molar refractivity (Wildman–Crippen MR) is 106 cm³/mol. The lowest BCUT2D eigenvalue weighted by atomic mass is 9.89. The lowest BCUT2D eigenvalue weighted by Crippen LogP contribution is -2.40. The third-order valence-corrected chi connectivity index (χ3v) is 5.64. The topological polar surface area (TPSA) is 49.6 Å². The second-order valence-corrected chi connectivity index (χ2v) is 7.66. The molecule has 0 spiro atoms. The molecule has 0 bridgehead atoms. The minimum Gasteiger partial charge on any atom is -0.340 e. The zero-order chi connectivity index (χ0) is 19.6. The van der Waals surface area contributed by atoms with Gasteiger partial charge >= 0.3 is 0 Å². The first-order chi connectivity index (χ1) is 12.9. The Kier molecular flexibility index (Phi) is 6.15. The van der Waals surface area contributed by atoms with Gasteiger partial charge in [-0.05, 0) is 44.3 Å². The number of carbonyl (C=O) groups is 1. The average molecular weight is 390 g/mol. The van der Waals surface area contributed by atoms with E-state index in [9.17, 15) is 9.18 Å². The Morgan fingerprint density at radius 3 is 2.52 bits per heavy atom. The summed E-state index contributed by atoms with van der Waals surface area (Å²) in [5, 5.41) is 0.260. The van der Waals surface area contributed by atoms with Crippen LogP contribution in [0.15, 0.2) is 48.5 Å². The van der Waals surface area contributed by atoms with E-state index in [1.165, 1.54) is 11.6 Å². The summed E-state index contributed by atoms with van der Waals surface area (Å²) in [6.45, 7) is 1.63. The number of rotatable bonds is 5. The number of likely N-dealkylation sites (N-methyl/N-ethyl adjacent to an activating group) is 1. The van der Waals surface area contributed by atoms with Gasteiger partial charge in [-0.25, -0.2) is 4.39 Å². The van der Waals surface area contributed by atoms with Crippen LogP contribution in [0.4, 0.5) is 4.39 Å². The summed E-state index contributed by atoms with van der Waals surface area (Å²) in [4.78, 5) is 16.9. The summed E-state index contributed by atoms with van der Waals surface area (Å²) < 4.78 is 14.5. The van der Waals surface area contributed by atoms with Crippen molar-refractivity contribution < 1.29 is 9.18 Å². The molecule has 0 saturated carbocycles. The molecule has 0 radical (unpaired) electrons. The van der Waals surface area contributed by atoms with Crippen molar-refractivity contribution in [3.8, 4) is 0 Å². The maximum absolute atomic E-state index is 14.5. The Morgan fingerprint density at radius 2 is 1.93 bits per heavy atom. The van der Waals surface area contributed by atoms with E-state index in [4.69, 9.17) is 17.3 Å². The number of likely N-dealkylation sites (tertiary alicyclic amines) is 1. The summed E-state index contributed by atoms with van der Waals surface area (Å²) in [5.41, 5.74) is 7.39. The molecule has 3 atom stereocenters. The van der Waals surface area contributed by atoms with Gasteiger partial charge in [-0.15, -0.1) is 0 Å². The van der Waals surface area contributed by atoms with Crippen LogP contribution < -0.4 is 5.73 Å². The first-order valence-electron chi connectivity index (χ1n) is 9.08. The Balaban J connectivity index is 1.89. The molecule has 1 heterocycles. The number of nitrogens with two attached hydrogens (primary N) is 1. The standard InChI is InChI=1S/C21H25ClFN3O/c1-25(2)20(19-17(22)9-6-10-18(19)23)21(27)26-12-15(11-24)16(13-26)14-7-4-3-5-8-14/h3-10,15-16,20H,11-13,24H2,1-2H3/t15-,16+,20?/m1/s1. The number of benzene rings is 2. The van der Waals surface area contributed by atoms with Crippen LogP contribution in [0.2, 0.25) is 5.02 Å². The monoisotopic (exact) mass is 389 g/mol. The van der Waals surface area contributed by atoms with E-state index in [1.807, 2.05) is 18.2 Å². The largest absolute Gasteiger partial charge is 0.340 e. The SMILES string of the molecule is CN(C)C(C(=O)N1C[C@@H](CN)[C@H](c2ccccc2)C1)c1c(F)cccc1Cl. The van der Waals surface area contributed by atoms with Gasteiger partial charge in [-0.2, -0.15) is 0 Å². The Bertz CT molecular complexity index is 779. The number of nitrogens with zero attached hydrogens (tertiary/aromatic N) is 2. The van der Waals surface area contributed by atoms with Crippen LogP contribution in [0.3, 0.4) is 0 Å². The maximum Gasteiger partial charge on any atom is 0.244 e. The van der Waals surface area contributed by atoms with Crippen molar-refractivity contribution in [3.05, 3.63) is 70.5 Å². The van der Waals surface area contributed by atoms with Gasteiger partial charge in [0.1, 0.15) is 11.9 Å². The molecular weight excluding hydrogens is 365 g/mol. The highest BCUT2D eigenvalue weighted by Crippen LogP contribution is 2.36. The van der Waals surface area contributed by atoms with Crippen LogP contribution in [-0.4, -0.2) is 49.4 Å². The molecule has 1 unspecified atom stereocenters. The lowest BCUT2D eigenvalue weighted by Gasteiger charge is -2.29. The third-order valence-electron chi connectivity index (χ3n) is 5.31. The molecule has 0 aliphatic carbocycles. The zero-order valence-corrected chi connectivity index (χ0v) is 16.4. The molecular formula is C21H25ClFN3O. The molecule has 1 fully saturated rings. The quantitative estimate of drug-likeness (QED) is 0.853. The Morgan fingerprint density at radius 1 is 1.22 bits per heavy atom. The molecule has 27 heavy (non-hydrogen) atoms. The molecule has 144 valence electrons. The lowest BCUT2D eigenvalue weighted by molar-refractivity contribution is -0.135. The Labute approximate surface area is 164 Å². The number of amides is 1. The van der Waals surface area contributed by atoms with Crippen LogP contribution in [0.25, 0.3) is 0 Å². The van der Waals surface area contributed by atoms with Crippen molar-refractivity contribution in [2.75, 3.05) is 33.7 Å². The second-order valence-electron chi connectivity index (χ2n) is 7.26. The normalized spacial score (nSPS) is 20.9. The van der Waals surface area contributed by atoms with Gasteiger partial charge in [-0.1, -0.05) is 48.0 Å². The van der Waals surface area contributed by atoms with Crippen molar-refractivity contribution in [1.82, 2.24) is 9.80 Å². The summed E-state index contributed by atoms with van der Waals surface area (Å²) in [7, 11) is 3.52. The minimum atomic E-state index is -0.772. The number of hydrogen-bond acceptors (Lipinski definition) is 3. The van der Waals surface area contributed by atoms with E-state index in [1.54, 1.807) is 36.0 Å². The molecule has 0 aromatic heterocycles. The predicted octanol–water partition coefficient (Wildman–Crippen LogP) is 3.28. The van der Waals surface area contributed by atoms with Gasteiger partial charge in [0.15, 0.2) is 0 Å². The van der Waals surface area contributed by atoms with Crippen LogP contribution >= 0.6 is 11.6 Å². The highest BCUT2D eigenvalue weighted by atomic mass is 35.5. The molecule has 2 aromatic carbocycles. The van der Waals surface area contributed by atoms with Gasteiger partial charge in [0.2, 0.25) is 5.91 Å². The van der Waals surface area contributed by atoms with Gasteiger partial charge < -0.3 is 10.6 Å². The van der Waals surface area contributed by atoms with E-state index in [0.29, 0.717) is 19.6 Å². The molecule has 1 aliphatic rings. The first kappa shape index (κ1) is 19.8. The fourth-order valence-electron chi connectivity index (χ4n) is 3.92. The first-order valence-corrected chi connectivity index (χ1v) is 9.46. The fourth-order valence-corrected chi connectivity index (χ4v) is 4.18. The van der Waals surface area contributed by atoms with E-state index in [0.717, 1.165) is 0 Å². The van der Waals surface area contributed by atoms with Gasteiger partial charge in [0, 0.05) is 29.6 Å². The second kappa shape index (κ2) is 8.38. The minimum absolute atomic E-state index is 0.149.